The predicted octanol–water partition coefficient (Wildman–Crippen LogP) is 2.17. The van der Waals surface area contributed by atoms with Gasteiger partial charge in [-0.15, -0.1) is 0 Å². The molecule has 0 aromatic heterocycles. The number of nitro benzene ring substituents is 1. The van der Waals surface area contributed by atoms with E-state index in [1.807, 2.05) is 0 Å². The van der Waals surface area contributed by atoms with Crippen LogP contribution >= 0.6 is 0 Å². The molecule has 1 aliphatic rings. The average Bonchev–Trinajstić information content (AvgIpc) is 2.90. The Hall–Kier alpha value is -2.51. The van der Waals surface area contributed by atoms with Crippen LogP contribution in [0.4, 0.5) is 15.8 Å². The predicted molar refractivity (Wildman–Crippen MR) is 70.2 cm³/mol. The average molecular weight is 296 g/mol. The van der Waals surface area contributed by atoms with E-state index in [-0.39, 0.29) is 12.1 Å². The molecule has 2 rings (SSSR count). The molecular weight excluding hydrogens is 283 g/mol. The first-order valence-corrected chi connectivity index (χ1v) is 6.36. The van der Waals surface area contributed by atoms with Gasteiger partial charge in [0.1, 0.15) is 11.5 Å². The number of halogens is 1. The number of carboxylic acids is 1. The summed E-state index contributed by atoms with van der Waals surface area (Å²) in [5.74, 6) is -3.27. The van der Waals surface area contributed by atoms with E-state index in [1.54, 1.807) is 0 Å². The number of anilines is 1. The number of carboxylic acid groups (broad SMARTS) is 1. The van der Waals surface area contributed by atoms with E-state index >= 15 is 0 Å². The molecular formula is C13H13FN2O5. The van der Waals surface area contributed by atoms with Crippen molar-refractivity contribution in [2.75, 3.05) is 5.32 Å². The fourth-order valence-electron chi connectivity index (χ4n) is 2.44. The molecule has 0 radical (unpaired) electrons. The fraction of sp³-hybridized carbons (Fsp3) is 0.385. The molecule has 0 heterocycles. The molecule has 0 aliphatic heterocycles. The number of nitrogens with zero attached hydrogens (tertiary/aromatic N) is 1. The zero-order valence-electron chi connectivity index (χ0n) is 10.9. The number of benzene rings is 1. The van der Waals surface area contributed by atoms with Crippen LogP contribution in [0.25, 0.3) is 0 Å². The maximum atomic E-state index is 13.0. The largest absolute Gasteiger partial charge is 0.481 e. The Balaban J connectivity index is 2.10. The zero-order chi connectivity index (χ0) is 15.6. The van der Waals surface area contributed by atoms with Crippen molar-refractivity contribution in [1.29, 1.82) is 0 Å². The number of hydrogen-bond acceptors (Lipinski definition) is 4. The normalized spacial score (nSPS) is 21.0. The SMILES string of the molecule is O=C(O)C1CCC(C(=O)Nc2ccc(F)cc2[N+](=O)[O-])C1. The Bertz CT molecular complexity index is 604. The maximum Gasteiger partial charge on any atom is 0.306 e. The Kier molecular flexibility index (Phi) is 4.15. The van der Waals surface area contributed by atoms with Gasteiger partial charge in [-0.05, 0) is 31.4 Å². The van der Waals surface area contributed by atoms with Gasteiger partial charge in [0.05, 0.1) is 16.9 Å². The smallest absolute Gasteiger partial charge is 0.306 e. The summed E-state index contributed by atoms with van der Waals surface area (Å²) < 4.78 is 13.0. The summed E-state index contributed by atoms with van der Waals surface area (Å²) in [4.78, 5) is 32.9. The Morgan fingerprint density at radius 3 is 2.57 bits per heavy atom. The van der Waals surface area contributed by atoms with Crippen molar-refractivity contribution in [3.05, 3.63) is 34.1 Å². The second kappa shape index (κ2) is 5.86. The number of carbonyl (C=O) groups is 2. The Morgan fingerprint density at radius 2 is 2.00 bits per heavy atom. The highest BCUT2D eigenvalue weighted by Gasteiger charge is 2.34. The lowest BCUT2D eigenvalue weighted by atomic mass is 10.0. The molecule has 7 nitrogen and oxygen atoms in total. The summed E-state index contributed by atoms with van der Waals surface area (Å²) in [6, 6.07) is 2.86. The molecule has 0 saturated heterocycles. The summed E-state index contributed by atoms with van der Waals surface area (Å²) in [6.07, 6.45) is 1.02. The number of aliphatic carboxylic acids is 1. The third-order valence-corrected chi connectivity index (χ3v) is 3.57. The van der Waals surface area contributed by atoms with Gasteiger partial charge in [0, 0.05) is 5.92 Å². The van der Waals surface area contributed by atoms with E-state index in [0.29, 0.717) is 12.8 Å². The summed E-state index contributed by atoms with van der Waals surface area (Å²) in [7, 11) is 0. The van der Waals surface area contributed by atoms with Crippen LogP contribution < -0.4 is 5.32 Å². The molecule has 1 aromatic rings. The first-order chi connectivity index (χ1) is 9.88. The number of hydrogen-bond donors (Lipinski definition) is 2. The molecule has 2 N–H and O–H groups in total. The number of amides is 1. The molecule has 2 atom stereocenters. The first kappa shape index (κ1) is 14.9. The van der Waals surface area contributed by atoms with Crippen LogP contribution in [0.5, 0.6) is 0 Å². The molecule has 2 unspecified atom stereocenters. The van der Waals surface area contributed by atoms with Crippen molar-refractivity contribution in [2.24, 2.45) is 11.8 Å². The van der Waals surface area contributed by atoms with E-state index < -0.39 is 40.1 Å². The van der Waals surface area contributed by atoms with Crippen LogP contribution in [-0.2, 0) is 9.59 Å². The first-order valence-electron chi connectivity index (χ1n) is 6.36. The van der Waals surface area contributed by atoms with Crippen LogP contribution in [-0.4, -0.2) is 21.9 Å². The monoisotopic (exact) mass is 296 g/mol. The van der Waals surface area contributed by atoms with Crippen molar-refractivity contribution in [3.63, 3.8) is 0 Å². The van der Waals surface area contributed by atoms with Gasteiger partial charge < -0.3 is 10.4 Å². The molecule has 1 amide bonds. The number of rotatable bonds is 4. The fourth-order valence-corrected chi connectivity index (χ4v) is 2.44. The van der Waals surface area contributed by atoms with Crippen LogP contribution in [0.3, 0.4) is 0 Å². The van der Waals surface area contributed by atoms with E-state index in [0.717, 1.165) is 18.2 Å². The molecule has 1 aromatic carbocycles. The third-order valence-electron chi connectivity index (χ3n) is 3.57. The lowest BCUT2D eigenvalue weighted by Gasteiger charge is -2.11. The second-order valence-electron chi connectivity index (χ2n) is 4.95. The van der Waals surface area contributed by atoms with Gasteiger partial charge in [0.15, 0.2) is 0 Å². The van der Waals surface area contributed by atoms with Crippen LogP contribution in [0.2, 0.25) is 0 Å². The molecule has 8 heteroatoms. The topological polar surface area (TPSA) is 110 Å². The van der Waals surface area contributed by atoms with Crippen LogP contribution in [0.15, 0.2) is 18.2 Å². The summed E-state index contributed by atoms with van der Waals surface area (Å²) in [5, 5.41) is 22.1. The van der Waals surface area contributed by atoms with Gasteiger partial charge in [-0.1, -0.05) is 0 Å². The molecule has 1 fully saturated rings. The molecule has 0 spiro atoms. The van der Waals surface area contributed by atoms with Crippen molar-refractivity contribution in [2.45, 2.75) is 19.3 Å². The van der Waals surface area contributed by atoms with Gasteiger partial charge in [0.2, 0.25) is 5.91 Å². The highest BCUT2D eigenvalue weighted by Crippen LogP contribution is 2.33. The molecule has 1 aliphatic carbocycles. The summed E-state index contributed by atoms with van der Waals surface area (Å²) in [6.45, 7) is 0. The molecule has 1 saturated carbocycles. The van der Waals surface area contributed by atoms with Crippen LogP contribution in [0, 0.1) is 27.8 Å². The minimum absolute atomic E-state index is 0.0924. The standard InChI is InChI=1S/C13H13FN2O5/c14-9-3-4-10(11(6-9)16(20)21)15-12(17)7-1-2-8(5-7)13(18)19/h3-4,6-8H,1-2,5H2,(H,15,17)(H,18,19). The van der Waals surface area contributed by atoms with Crippen molar-refractivity contribution in [3.8, 4) is 0 Å². The van der Waals surface area contributed by atoms with E-state index in [9.17, 15) is 24.1 Å². The van der Waals surface area contributed by atoms with Gasteiger partial charge in [-0.25, -0.2) is 4.39 Å². The van der Waals surface area contributed by atoms with E-state index in [2.05, 4.69) is 5.32 Å². The number of carbonyl (C=O) groups excluding carboxylic acids is 1. The van der Waals surface area contributed by atoms with Gasteiger partial charge in [-0.2, -0.15) is 0 Å². The highest BCUT2D eigenvalue weighted by molar-refractivity contribution is 5.95. The zero-order valence-corrected chi connectivity index (χ0v) is 10.9. The van der Waals surface area contributed by atoms with E-state index in [1.165, 1.54) is 0 Å². The molecule has 21 heavy (non-hydrogen) atoms. The quantitative estimate of drug-likeness (QED) is 0.653. The van der Waals surface area contributed by atoms with Crippen molar-refractivity contribution >= 4 is 23.3 Å². The number of nitro groups is 1. The highest BCUT2D eigenvalue weighted by atomic mass is 19.1. The number of nitrogens with one attached hydrogen (secondary N) is 1. The summed E-state index contributed by atoms with van der Waals surface area (Å²) >= 11 is 0. The lowest BCUT2D eigenvalue weighted by Crippen LogP contribution is -2.22. The van der Waals surface area contributed by atoms with Gasteiger partial charge in [-0.3, -0.25) is 19.7 Å². The maximum absolute atomic E-state index is 13.0. The van der Waals surface area contributed by atoms with Crippen LogP contribution in [0.1, 0.15) is 19.3 Å². The van der Waals surface area contributed by atoms with Gasteiger partial charge >= 0.3 is 5.97 Å². The van der Waals surface area contributed by atoms with Gasteiger partial charge in [0.25, 0.3) is 5.69 Å². The molecule has 112 valence electrons. The second-order valence-corrected chi connectivity index (χ2v) is 4.95. The lowest BCUT2D eigenvalue weighted by molar-refractivity contribution is -0.384. The minimum atomic E-state index is -0.946. The Labute approximate surface area is 118 Å². The van der Waals surface area contributed by atoms with Crippen molar-refractivity contribution < 1.29 is 24.0 Å². The Morgan fingerprint density at radius 1 is 1.33 bits per heavy atom. The van der Waals surface area contributed by atoms with Crippen molar-refractivity contribution in [1.82, 2.24) is 0 Å². The van der Waals surface area contributed by atoms with E-state index in [4.69, 9.17) is 5.11 Å². The summed E-state index contributed by atoms with van der Waals surface area (Å²) in [5.41, 5.74) is -0.624. The minimum Gasteiger partial charge on any atom is -0.481 e. The molecule has 0 bridgehead atoms. The third kappa shape index (κ3) is 3.33.